The average Bonchev–Trinajstić information content (AvgIpc) is 2.54. The summed E-state index contributed by atoms with van der Waals surface area (Å²) in [6.07, 6.45) is -0.147. The minimum atomic E-state index is -1.57. The van der Waals surface area contributed by atoms with Crippen LogP contribution >= 0.6 is 31.7 Å². The smallest absolute Gasteiger partial charge is 0.307 e. The number of hydrogen-bond acceptors (Lipinski definition) is 4. The number of carbonyl (C=O) groups is 1. The van der Waals surface area contributed by atoms with Gasteiger partial charge in [-0.2, -0.15) is 0 Å². The summed E-state index contributed by atoms with van der Waals surface area (Å²) < 4.78 is 12.6. The minimum absolute atomic E-state index is 0.147. The Hall–Kier alpha value is -1.36. The van der Waals surface area contributed by atoms with E-state index in [1.54, 1.807) is 47.1 Å². The van der Waals surface area contributed by atoms with Crippen LogP contribution in [-0.4, -0.2) is 25.3 Å². The van der Waals surface area contributed by atoms with E-state index in [0.717, 1.165) is 0 Å². The van der Waals surface area contributed by atoms with Crippen LogP contribution in [0.3, 0.4) is 0 Å². The second-order valence-corrected chi connectivity index (χ2v) is 7.10. The van der Waals surface area contributed by atoms with Gasteiger partial charge < -0.3 is 14.2 Å². The van der Waals surface area contributed by atoms with Crippen LogP contribution in [0.4, 0.5) is 11.4 Å². The molecule has 2 aromatic rings. The number of para-hydroxylation sites is 2. The SMILES string of the molecule is COP(OC)N(c1ccccc1CC(=O)O)c1c(Cl)cccc1Cl. The van der Waals surface area contributed by atoms with Gasteiger partial charge in [-0.3, -0.25) is 9.46 Å². The molecule has 0 spiro atoms. The second kappa shape index (κ2) is 8.65. The minimum Gasteiger partial charge on any atom is -0.481 e. The van der Waals surface area contributed by atoms with Gasteiger partial charge in [-0.05, 0) is 23.8 Å². The van der Waals surface area contributed by atoms with Crippen molar-refractivity contribution in [2.24, 2.45) is 0 Å². The summed E-state index contributed by atoms with van der Waals surface area (Å²) in [5.41, 5.74) is 1.72. The van der Waals surface area contributed by atoms with Crippen molar-refractivity contribution in [1.82, 2.24) is 0 Å². The lowest BCUT2D eigenvalue weighted by atomic mass is 10.1. The summed E-state index contributed by atoms with van der Waals surface area (Å²) in [4.78, 5) is 11.2. The highest BCUT2D eigenvalue weighted by Gasteiger charge is 2.28. The zero-order valence-electron chi connectivity index (χ0n) is 13.1. The molecule has 0 amide bonds. The molecule has 24 heavy (non-hydrogen) atoms. The monoisotopic (exact) mass is 387 g/mol. The molecular weight excluding hydrogens is 372 g/mol. The molecule has 0 atom stereocenters. The largest absolute Gasteiger partial charge is 0.481 e. The molecule has 2 aromatic carbocycles. The molecule has 0 saturated heterocycles. The second-order valence-electron chi connectivity index (χ2n) is 4.68. The van der Waals surface area contributed by atoms with Crippen LogP contribution < -0.4 is 4.67 Å². The van der Waals surface area contributed by atoms with Crippen molar-refractivity contribution in [2.45, 2.75) is 6.42 Å². The molecule has 5 nitrogen and oxygen atoms in total. The van der Waals surface area contributed by atoms with E-state index in [1.165, 1.54) is 14.2 Å². The van der Waals surface area contributed by atoms with Crippen molar-refractivity contribution in [3.63, 3.8) is 0 Å². The highest BCUT2D eigenvalue weighted by atomic mass is 35.5. The van der Waals surface area contributed by atoms with Gasteiger partial charge in [0.05, 0.1) is 27.8 Å². The third-order valence-electron chi connectivity index (χ3n) is 3.19. The van der Waals surface area contributed by atoms with Gasteiger partial charge in [0, 0.05) is 14.2 Å². The number of rotatable bonds is 7. The summed E-state index contributed by atoms with van der Waals surface area (Å²) in [5.74, 6) is -0.938. The van der Waals surface area contributed by atoms with E-state index in [-0.39, 0.29) is 6.42 Å². The highest BCUT2D eigenvalue weighted by Crippen LogP contribution is 2.54. The predicted octanol–water partition coefficient (Wildman–Crippen LogP) is 5.28. The van der Waals surface area contributed by atoms with Crippen LogP contribution in [0.5, 0.6) is 0 Å². The van der Waals surface area contributed by atoms with Crippen molar-refractivity contribution in [3.05, 3.63) is 58.1 Å². The van der Waals surface area contributed by atoms with E-state index in [1.807, 2.05) is 0 Å². The molecule has 1 N–H and O–H groups in total. The Morgan fingerprint density at radius 1 is 1.08 bits per heavy atom. The molecule has 0 radical (unpaired) electrons. The maximum Gasteiger partial charge on any atom is 0.307 e. The number of benzene rings is 2. The third kappa shape index (κ3) is 4.18. The number of hydrogen-bond donors (Lipinski definition) is 1. The Morgan fingerprint density at radius 3 is 2.21 bits per heavy atom. The number of halogens is 2. The van der Waals surface area contributed by atoms with Crippen LogP contribution in [0.15, 0.2) is 42.5 Å². The van der Waals surface area contributed by atoms with Crippen LogP contribution in [0.2, 0.25) is 10.0 Å². The summed E-state index contributed by atoms with van der Waals surface area (Å²) >= 11 is 12.7. The van der Waals surface area contributed by atoms with Crippen molar-refractivity contribution >= 4 is 49.1 Å². The maximum absolute atomic E-state index is 11.2. The third-order valence-corrected chi connectivity index (χ3v) is 5.16. The molecule has 0 unspecified atom stereocenters. The standard InChI is InChI=1S/C16H16Cl2NO4P/c1-22-24(23-2)19(16-12(17)7-5-8-13(16)18)14-9-4-3-6-11(14)10-15(20)21/h3-9H,10H2,1-2H3,(H,20,21). The van der Waals surface area contributed by atoms with Crippen LogP contribution in [0.25, 0.3) is 0 Å². The molecule has 0 aliphatic rings. The Morgan fingerprint density at radius 2 is 1.67 bits per heavy atom. The molecule has 0 heterocycles. The van der Waals surface area contributed by atoms with Gasteiger partial charge in [-0.25, -0.2) is 0 Å². The average molecular weight is 388 g/mol. The van der Waals surface area contributed by atoms with Gasteiger partial charge in [0.1, 0.15) is 0 Å². The fourth-order valence-electron chi connectivity index (χ4n) is 2.25. The molecule has 0 bridgehead atoms. The number of carboxylic acid groups (broad SMARTS) is 1. The fourth-order valence-corrected chi connectivity index (χ4v) is 4.16. The lowest BCUT2D eigenvalue weighted by Crippen LogP contribution is -2.16. The summed E-state index contributed by atoms with van der Waals surface area (Å²) in [5, 5.41) is 10.0. The van der Waals surface area contributed by atoms with Gasteiger partial charge in [0.15, 0.2) is 0 Å². The first-order chi connectivity index (χ1) is 11.5. The van der Waals surface area contributed by atoms with Crippen molar-refractivity contribution in [2.75, 3.05) is 18.9 Å². The lowest BCUT2D eigenvalue weighted by Gasteiger charge is -2.32. The van der Waals surface area contributed by atoms with E-state index in [9.17, 15) is 9.90 Å². The zero-order chi connectivity index (χ0) is 17.7. The quantitative estimate of drug-likeness (QED) is 0.655. The first-order valence-corrected chi connectivity index (χ1v) is 8.80. The summed E-state index contributed by atoms with van der Waals surface area (Å²) in [6.45, 7) is 0. The fraction of sp³-hybridized carbons (Fsp3) is 0.188. The molecule has 2 rings (SSSR count). The van der Waals surface area contributed by atoms with Crippen LogP contribution in [-0.2, 0) is 20.3 Å². The summed E-state index contributed by atoms with van der Waals surface area (Å²) in [7, 11) is 1.44. The Bertz CT molecular complexity index is 705. The topological polar surface area (TPSA) is 59.0 Å². The molecule has 8 heteroatoms. The summed E-state index contributed by atoms with van der Waals surface area (Å²) in [6, 6.07) is 12.2. The van der Waals surface area contributed by atoms with Gasteiger partial charge >= 0.3 is 5.97 Å². The van der Waals surface area contributed by atoms with Gasteiger partial charge in [-0.1, -0.05) is 47.5 Å². The lowest BCUT2D eigenvalue weighted by molar-refractivity contribution is -0.136. The molecule has 0 aromatic heterocycles. The van der Waals surface area contributed by atoms with Gasteiger partial charge in [0.25, 0.3) is 8.53 Å². The van der Waals surface area contributed by atoms with Crippen molar-refractivity contribution in [1.29, 1.82) is 0 Å². The zero-order valence-corrected chi connectivity index (χ0v) is 15.5. The van der Waals surface area contributed by atoms with Crippen molar-refractivity contribution < 1.29 is 18.9 Å². The Kier molecular flexibility index (Phi) is 6.84. The van der Waals surface area contributed by atoms with Crippen LogP contribution in [0.1, 0.15) is 5.56 Å². The number of anilines is 2. The number of nitrogens with zero attached hydrogens (tertiary/aromatic N) is 1. The first-order valence-electron chi connectivity index (χ1n) is 6.91. The molecule has 0 aliphatic heterocycles. The van der Waals surface area contributed by atoms with Crippen LogP contribution in [0, 0.1) is 0 Å². The normalized spacial score (nSPS) is 10.9. The molecular formula is C16H16Cl2NO4P. The predicted molar refractivity (Wildman–Crippen MR) is 97.3 cm³/mol. The molecule has 0 fully saturated rings. The maximum atomic E-state index is 11.2. The van der Waals surface area contributed by atoms with E-state index < -0.39 is 14.5 Å². The number of aliphatic carboxylic acids is 1. The molecule has 0 saturated carbocycles. The molecule has 0 aliphatic carbocycles. The van der Waals surface area contributed by atoms with E-state index in [2.05, 4.69) is 0 Å². The van der Waals surface area contributed by atoms with Crippen molar-refractivity contribution in [3.8, 4) is 0 Å². The van der Waals surface area contributed by atoms with E-state index in [4.69, 9.17) is 32.2 Å². The Balaban J connectivity index is 2.67. The Labute approximate surface area is 151 Å². The number of carboxylic acids is 1. The first kappa shape index (κ1) is 19.0. The highest BCUT2D eigenvalue weighted by molar-refractivity contribution is 7.49. The van der Waals surface area contributed by atoms with E-state index in [0.29, 0.717) is 27.0 Å². The van der Waals surface area contributed by atoms with E-state index >= 15 is 0 Å². The van der Waals surface area contributed by atoms with Gasteiger partial charge in [-0.15, -0.1) is 0 Å². The van der Waals surface area contributed by atoms with Gasteiger partial charge in [0.2, 0.25) is 0 Å². The molecule has 128 valence electrons.